The fraction of sp³-hybridized carbons (Fsp3) is 0.115. The molecule has 0 N–H and O–H groups in total. The minimum atomic E-state index is -0.242. The van der Waals surface area contributed by atoms with Gasteiger partial charge in [-0.3, -0.25) is 0 Å². The summed E-state index contributed by atoms with van der Waals surface area (Å²) in [6.45, 7) is 9.37. The number of rotatable bonds is 4. The smallest absolute Gasteiger partial charge is 0.140 e. The molecular formula is C52H39NOS. The van der Waals surface area contributed by atoms with Crippen LogP contribution in [0.5, 0.6) is 11.5 Å². The van der Waals surface area contributed by atoms with Crippen molar-refractivity contribution in [1.82, 2.24) is 0 Å². The predicted octanol–water partition coefficient (Wildman–Crippen LogP) is 15.1. The van der Waals surface area contributed by atoms with Crippen molar-refractivity contribution < 1.29 is 4.74 Å². The van der Waals surface area contributed by atoms with Gasteiger partial charge >= 0.3 is 0 Å². The van der Waals surface area contributed by atoms with Gasteiger partial charge in [-0.2, -0.15) is 0 Å². The zero-order valence-electron chi connectivity index (χ0n) is 31.4. The van der Waals surface area contributed by atoms with Gasteiger partial charge in [0.15, 0.2) is 0 Å². The molecule has 55 heavy (non-hydrogen) atoms. The van der Waals surface area contributed by atoms with E-state index in [1.54, 1.807) is 0 Å². The Labute approximate surface area is 325 Å². The number of anilines is 3. The molecule has 1 aliphatic carbocycles. The average Bonchev–Trinajstić information content (AvgIpc) is 3.70. The van der Waals surface area contributed by atoms with E-state index in [1.807, 2.05) is 11.3 Å². The number of hydrogen-bond acceptors (Lipinski definition) is 3. The summed E-state index contributed by atoms with van der Waals surface area (Å²) in [4.78, 5) is 2.40. The molecule has 0 saturated carbocycles. The largest absolute Gasteiger partial charge is 0.456 e. The van der Waals surface area contributed by atoms with Crippen molar-refractivity contribution in [2.75, 3.05) is 4.90 Å². The van der Waals surface area contributed by atoms with Crippen LogP contribution in [0, 0.1) is 0 Å². The molecule has 0 saturated heterocycles. The highest BCUT2D eigenvalue weighted by Gasteiger charge is 2.38. The standard InChI is InChI=1S/C52H39NOS/c1-51(2)42-15-9-7-13-39(42)40-25-23-37(30-45(40)51)53(36-21-19-33(20-22-36)35-18-17-32-11-5-6-12-34(32)29-35)38-24-26-43-46(31-38)54-50-44(52(43,3)4)27-28-48-49(50)41-14-8-10-16-47(41)55-48/h5-31H,1-4H3. The highest BCUT2D eigenvalue weighted by molar-refractivity contribution is 7.25. The summed E-state index contributed by atoms with van der Waals surface area (Å²) in [5, 5.41) is 4.97. The van der Waals surface area contributed by atoms with E-state index < -0.39 is 0 Å². The van der Waals surface area contributed by atoms with Gasteiger partial charge in [0, 0.05) is 65.3 Å². The van der Waals surface area contributed by atoms with Crippen molar-refractivity contribution in [2.45, 2.75) is 38.5 Å². The van der Waals surface area contributed by atoms with Crippen molar-refractivity contribution in [3.63, 3.8) is 0 Å². The SMILES string of the molecule is CC1(C)c2ccccc2-c2ccc(N(c3ccc(-c4ccc5ccccc5c4)cc3)c3ccc4c(c3)Oc3c(ccc5sc6ccccc6c35)C4(C)C)cc21. The molecule has 0 amide bonds. The third-order valence-electron chi connectivity index (χ3n) is 12.3. The van der Waals surface area contributed by atoms with E-state index in [0.717, 1.165) is 28.6 Å². The fourth-order valence-electron chi connectivity index (χ4n) is 9.34. The molecule has 3 heteroatoms. The van der Waals surface area contributed by atoms with Gasteiger partial charge in [0.05, 0.1) is 0 Å². The summed E-state index contributed by atoms with van der Waals surface area (Å²) in [6, 6.07) is 60.3. The molecule has 9 aromatic rings. The molecule has 8 aromatic carbocycles. The van der Waals surface area contributed by atoms with Crippen LogP contribution in [0.25, 0.3) is 53.2 Å². The molecule has 0 spiro atoms. The topological polar surface area (TPSA) is 12.5 Å². The van der Waals surface area contributed by atoms with Gasteiger partial charge in [-0.05, 0) is 92.7 Å². The van der Waals surface area contributed by atoms with Crippen LogP contribution in [0.1, 0.15) is 49.9 Å². The van der Waals surface area contributed by atoms with Crippen molar-refractivity contribution in [3.05, 3.63) is 186 Å². The molecule has 11 rings (SSSR count). The normalized spacial score (nSPS) is 14.6. The lowest BCUT2D eigenvalue weighted by Gasteiger charge is -2.36. The van der Waals surface area contributed by atoms with Crippen LogP contribution in [-0.2, 0) is 10.8 Å². The van der Waals surface area contributed by atoms with Crippen LogP contribution in [0.3, 0.4) is 0 Å². The summed E-state index contributed by atoms with van der Waals surface area (Å²) < 4.78 is 9.64. The molecule has 1 aromatic heterocycles. The second-order valence-electron chi connectivity index (χ2n) is 16.2. The van der Waals surface area contributed by atoms with Crippen LogP contribution < -0.4 is 9.64 Å². The Morgan fingerprint density at radius 2 is 1.11 bits per heavy atom. The molecule has 0 bridgehead atoms. The van der Waals surface area contributed by atoms with E-state index in [2.05, 4.69) is 196 Å². The first-order valence-corrected chi connectivity index (χ1v) is 20.0. The Morgan fingerprint density at radius 1 is 0.455 bits per heavy atom. The number of hydrogen-bond donors (Lipinski definition) is 0. The van der Waals surface area contributed by atoms with Crippen LogP contribution in [0.4, 0.5) is 17.1 Å². The van der Waals surface area contributed by atoms with Gasteiger partial charge < -0.3 is 9.64 Å². The Morgan fingerprint density at radius 3 is 1.98 bits per heavy atom. The Bertz CT molecular complexity index is 3020. The third kappa shape index (κ3) is 4.79. The lowest BCUT2D eigenvalue weighted by Crippen LogP contribution is -2.24. The number of fused-ring (bicyclic) bond motifs is 10. The summed E-state index contributed by atoms with van der Waals surface area (Å²) in [6.07, 6.45) is 0. The maximum atomic E-state index is 7.10. The Kier molecular flexibility index (Phi) is 6.85. The van der Waals surface area contributed by atoms with E-state index in [0.29, 0.717) is 0 Å². The van der Waals surface area contributed by atoms with Crippen molar-refractivity contribution >= 4 is 59.3 Å². The summed E-state index contributed by atoms with van der Waals surface area (Å²) >= 11 is 1.84. The van der Waals surface area contributed by atoms with Crippen molar-refractivity contribution in [3.8, 4) is 33.8 Å². The lowest BCUT2D eigenvalue weighted by atomic mass is 9.75. The zero-order valence-corrected chi connectivity index (χ0v) is 32.2. The Hall–Kier alpha value is -6.16. The highest BCUT2D eigenvalue weighted by Crippen LogP contribution is 2.55. The average molecular weight is 726 g/mol. The van der Waals surface area contributed by atoms with Crippen molar-refractivity contribution in [1.29, 1.82) is 0 Å². The second-order valence-corrected chi connectivity index (χ2v) is 17.2. The molecule has 2 heterocycles. The predicted molar refractivity (Wildman–Crippen MR) is 233 cm³/mol. The van der Waals surface area contributed by atoms with E-state index in [9.17, 15) is 0 Å². The summed E-state index contributed by atoms with van der Waals surface area (Å²) in [5.41, 5.74) is 13.1. The van der Waals surface area contributed by atoms with E-state index in [1.165, 1.54) is 75.5 Å². The van der Waals surface area contributed by atoms with E-state index in [4.69, 9.17) is 4.74 Å². The van der Waals surface area contributed by atoms with Gasteiger partial charge in [0.2, 0.25) is 0 Å². The lowest BCUT2D eigenvalue weighted by molar-refractivity contribution is 0.423. The number of benzene rings is 8. The van der Waals surface area contributed by atoms with Crippen LogP contribution in [0.2, 0.25) is 0 Å². The fourth-order valence-corrected chi connectivity index (χ4v) is 10.4. The van der Waals surface area contributed by atoms with E-state index in [-0.39, 0.29) is 10.8 Å². The molecule has 0 fully saturated rings. The van der Waals surface area contributed by atoms with Gasteiger partial charge in [0.25, 0.3) is 0 Å². The maximum absolute atomic E-state index is 7.10. The molecule has 2 nitrogen and oxygen atoms in total. The van der Waals surface area contributed by atoms with Gasteiger partial charge in [-0.15, -0.1) is 11.3 Å². The quantitative estimate of drug-likeness (QED) is 0.179. The molecule has 0 atom stereocenters. The summed E-state index contributed by atoms with van der Waals surface area (Å²) in [5.74, 6) is 1.89. The third-order valence-corrected chi connectivity index (χ3v) is 13.4. The minimum absolute atomic E-state index is 0.116. The minimum Gasteiger partial charge on any atom is -0.456 e. The molecular weight excluding hydrogens is 687 g/mol. The zero-order chi connectivity index (χ0) is 37.1. The Balaban J connectivity index is 1.07. The molecule has 2 aliphatic rings. The number of nitrogens with zero attached hydrogens (tertiary/aromatic N) is 1. The molecule has 0 unspecified atom stereocenters. The van der Waals surface area contributed by atoms with E-state index >= 15 is 0 Å². The molecule has 0 radical (unpaired) electrons. The van der Waals surface area contributed by atoms with Crippen molar-refractivity contribution in [2.24, 2.45) is 0 Å². The van der Waals surface area contributed by atoms with Crippen LogP contribution >= 0.6 is 11.3 Å². The summed E-state index contributed by atoms with van der Waals surface area (Å²) in [7, 11) is 0. The molecule has 264 valence electrons. The van der Waals surface area contributed by atoms with Gasteiger partial charge in [-0.1, -0.05) is 137 Å². The molecule has 1 aliphatic heterocycles. The maximum Gasteiger partial charge on any atom is 0.140 e. The number of ether oxygens (including phenoxy) is 1. The van der Waals surface area contributed by atoms with Crippen LogP contribution in [0.15, 0.2) is 164 Å². The van der Waals surface area contributed by atoms with Gasteiger partial charge in [-0.25, -0.2) is 0 Å². The van der Waals surface area contributed by atoms with Crippen LogP contribution in [-0.4, -0.2) is 0 Å². The first-order valence-electron chi connectivity index (χ1n) is 19.2. The monoisotopic (exact) mass is 725 g/mol. The second kappa shape index (κ2) is 11.7. The van der Waals surface area contributed by atoms with Gasteiger partial charge in [0.1, 0.15) is 11.5 Å². The number of thiophene rings is 1. The first kappa shape index (κ1) is 32.3. The first-order chi connectivity index (χ1) is 26.8. The highest BCUT2D eigenvalue weighted by atomic mass is 32.1.